The lowest BCUT2D eigenvalue weighted by atomic mass is 9.71. The number of aryl methyl sites for hydroxylation is 1. The topological polar surface area (TPSA) is 81.6 Å². The lowest BCUT2D eigenvalue weighted by molar-refractivity contribution is -0.170. The van der Waals surface area contributed by atoms with E-state index in [0.717, 1.165) is 19.9 Å². The lowest BCUT2D eigenvalue weighted by Crippen LogP contribution is -2.68. The summed E-state index contributed by atoms with van der Waals surface area (Å²) in [4.78, 5) is 26.3. The molecule has 0 aliphatic carbocycles. The van der Waals surface area contributed by atoms with Gasteiger partial charge in [-0.3, -0.25) is 4.79 Å². The summed E-state index contributed by atoms with van der Waals surface area (Å²) in [5.41, 5.74) is -3.28. The highest BCUT2D eigenvalue weighted by Gasteiger charge is 2.57. The van der Waals surface area contributed by atoms with Crippen LogP contribution in [0, 0.1) is 18.6 Å². The zero-order valence-corrected chi connectivity index (χ0v) is 22.9. The van der Waals surface area contributed by atoms with E-state index in [-0.39, 0.29) is 23.7 Å². The van der Waals surface area contributed by atoms with Gasteiger partial charge in [0.1, 0.15) is 34.3 Å². The molecule has 5 rings (SSSR count). The van der Waals surface area contributed by atoms with Gasteiger partial charge in [0.15, 0.2) is 0 Å². The number of likely N-dealkylation sites (tertiary alicyclic amines) is 1. The Balaban J connectivity index is 1.58. The Morgan fingerprint density at radius 2 is 1.75 bits per heavy atom. The number of halogens is 4. The predicted molar refractivity (Wildman–Crippen MR) is 142 cm³/mol. The van der Waals surface area contributed by atoms with E-state index < -0.39 is 40.2 Å². The number of hydrogen-bond donors (Lipinski definition) is 2. The van der Waals surface area contributed by atoms with Crippen molar-refractivity contribution in [2.45, 2.75) is 57.2 Å². The van der Waals surface area contributed by atoms with Crippen molar-refractivity contribution in [2.24, 2.45) is 0 Å². The van der Waals surface area contributed by atoms with Gasteiger partial charge >= 0.3 is 5.92 Å². The number of benzene rings is 2. The fourth-order valence-corrected chi connectivity index (χ4v) is 5.61. The summed E-state index contributed by atoms with van der Waals surface area (Å²) < 4.78 is 60.2. The molecule has 1 atom stereocenters. The summed E-state index contributed by atoms with van der Waals surface area (Å²) in [7, 11) is 1.87. The van der Waals surface area contributed by atoms with Crippen LogP contribution in [0.1, 0.15) is 55.0 Å². The average molecular weight is 558 g/mol. The molecule has 0 unspecified atom stereocenters. The molecule has 2 aromatic carbocycles. The van der Waals surface area contributed by atoms with Crippen LogP contribution in [0.3, 0.4) is 0 Å². The smallest absolute Gasteiger partial charge is 0.303 e. The SMILES string of the molecule is Cc1nc(N[C@H](C)c2cccc(C(F)(F)C(C)(C)O)c2F)c2c(n1)C1(CN(C)C1)C(=O)N(c1ccccc1F)C2. The van der Waals surface area contributed by atoms with Gasteiger partial charge in [-0.25, -0.2) is 18.7 Å². The van der Waals surface area contributed by atoms with Gasteiger partial charge in [-0.1, -0.05) is 24.3 Å². The molecule has 0 saturated carbocycles. The first-order chi connectivity index (χ1) is 18.7. The van der Waals surface area contributed by atoms with E-state index in [0.29, 0.717) is 36.0 Å². The molecule has 0 bridgehead atoms. The van der Waals surface area contributed by atoms with Crippen molar-refractivity contribution in [2.75, 3.05) is 30.4 Å². The van der Waals surface area contributed by atoms with Crippen LogP contribution in [-0.4, -0.2) is 51.6 Å². The van der Waals surface area contributed by atoms with Gasteiger partial charge in [0, 0.05) is 24.2 Å². The third-order valence-electron chi connectivity index (χ3n) is 7.72. The molecule has 3 aromatic rings. The lowest BCUT2D eigenvalue weighted by Gasteiger charge is -2.52. The normalized spacial score (nSPS) is 17.9. The van der Waals surface area contributed by atoms with E-state index in [4.69, 9.17) is 0 Å². The average Bonchev–Trinajstić information content (AvgIpc) is 2.85. The molecule has 3 heterocycles. The molecule has 212 valence electrons. The molecule has 11 heteroatoms. The van der Waals surface area contributed by atoms with E-state index in [1.165, 1.54) is 29.2 Å². The number of carbonyl (C=O) groups is 1. The molecule has 1 aromatic heterocycles. The second-order valence-electron chi connectivity index (χ2n) is 11.3. The fraction of sp³-hybridized carbons (Fsp3) is 0.414. The largest absolute Gasteiger partial charge is 0.384 e. The third-order valence-corrected chi connectivity index (χ3v) is 7.72. The number of fused-ring (bicyclic) bond motifs is 2. The molecule has 1 amide bonds. The number of aliphatic hydroxyl groups is 1. The summed E-state index contributed by atoms with van der Waals surface area (Å²) in [6.45, 7) is 5.83. The number of alkyl halides is 2. The number of amides is 1. The van der Waals surface area contributed by atoms with Crippen molar-refractivity contribution < 1.29 is 27.5 Å². The van der Waals surface area contributed by atoms with Crippen LogP contribution in [0.15, 0.2) is 42.5 Å². The van der Waals surface area contributed by atoms with Crippen LogP contribution in [0.4, 0.5) is 29.1 Å². The van der Waals surface area contributed by atoms with Crippen LogP contribution in [-0.2, 0) is 22.7 Å². The molecule has 40 heavy (non-hydrogen) atoms. The second kappa shape index (κ2) is 9.52. The van der Waals surface area contributed by atoms with E-state index in [1.807, 2.05) is 11.9 Å². The molecule has 1 saturated heterocycles. The number of aromatic nitrogens is 2. The maximum absolute atomic E-state index is 15.5. The first-order valence-corrected chi connectivity index (χ1v) is 13.0. The number of nitrogens with one attached hydrogen (secondary N) is 1. The molecule has 1 spiro atoms. The summed E-state index contributed by atoms with van der Waals surface area (Å²) in [6.07, 6.45) is 0. The van der Waals surface area contributed by atoms with Crippen molar-refractivity contribution >= 4 is 17.4 Å². The minimum Gasteiger partial charge on any atom is -0.384 e. The Morgan fingerprint density at radius 1 is 1.07 bits per heavy atom. The summed E-state index contributed by atoms with van der Waals surface area (Å²) in [5, 5.41) is 13.1. The molecule has 7 nitrogen and oxygen atoms in total. The first-order valence-electron chi connectivity index (χ1n) is 13.0. The quantitative estimate of drug-likeness (QED) is 0.423. The maximum atomic E-state index is 15.5. The van der Waals surface area contributed by atoms with Crippen LogP contribution in [0.25, 0.3) is 0 Å². The zero-order valence-electron chi connectivity index (χ0n) is 22.9. The number of carbonyl (C=O) groups excluding carboxylic acids is 1. The molecular weight excluding hydrogens is 526 g/mol. The molecule has 2 N–H and O–H groups in total. The minimum atomic E-state index is -3.85. The molecule has 0 radical (unpaired) electrons. The zero-order chi connectivity index (χ0) is 29.2. The minimum absolute atomic E-state index is 0.0325. The van der Waals surface area contributed by atoms with Crippen molar-refractivity contribution in [3.05, 3.63) is 82.3 Å². The van der Waals surface area contributed by atoms with Gasteiger partial charge < -0.3 is 20.2 Å². The highest BCUT2D eigenvalue weighted by Crippen LogP contribution is 2.45. The summed E-state index contributed by atoms with van der Waals surface area (Å²) in [6, 6.07) is 8.81. The van der Waals surface area contributed by atoms with E-state index in [9.17, 15) is 23.1 Å². The predicted octanol–water partition coefficient (Wildman–Crippen LogP) is 4.83. The first kappa shape index (κ1) is 28.0. The van der Waals surface area contributed by atoms with E-state index in [1.54, 1.807) is 26.0 Å². The van der Waals surface area contributed by atoms with Crippen molar-refractivity contribution in [1.82, 2.24) is 14.9 Å². The highest BCUT2D eigenvalue weighted by atomic mass is 19.3. The number of hydrogen-bond acceptors (Lipinski definition) is 6. The number of rotatable bonds is 6. The van der Waals surface area contributed by atoms with Gasteiger partial charge in [-0.2, -0.15) is 8.78 Å². The maximum Gasteiger partial charge on any atom is 0.303 e. The number of anilines is 2. The van der Waals surface area contributed by atoms with Gasteiger partial charge in [-0.05, 0) is 52.9 Å². The number of para-hydroxylation sites is 1. The molecular formula is C29H31F4N5O2. The van der Waals surface area contributed by atoms with Crippen molar-refractivity contribution in [1.29, 1.82) is 0 Å². The van der Waals surface area contributed by atoms with Crippen LogP contribution in [0.5, 0.6) is 0 Å². The molecule has 1 fully saturated rings. The third kappa shape index (κ3) is 4.32. The monoisotopic (exact) mass is 557 g/mol. The van der Waals surface area contributed by atoms with Crippen LogP contribution in [0.2, 0.25) is 0 Å². The fourth-order valence-electron chi connectivity index (χ4n) is 5.61. The highest BCUT2D eigenvalue weighted by molar-refractivity contribution is 6.04. The number of nitrogens with zero attached hydrogens (tertiary/aromatic N) is 4. The van der Waals surface area contributed by atoms with Gasteiger partial charge in [0.25, 0.3) is 0 Å². The Labute approximate surface area is 229 Å². The Morgan fingerprint density at radius 3 is 2.38 bits per heavy atom. The summed E-state index contributed by atoms with van der Waals surface area (Å²) >= 11 is 0. The Bertz CT molecular complexity index is 1480. The van der Waals surface area contributed by atoms with Crippen LogP contribution >= 0.6 is 0 Å². The Hall–Kier alpha value is -3.57. The van der Waals surface area contributed by atoms with Crippen LogP contribution < -0.4 is 10.2 Å². The molecule has 2 aliphatic heterocycles. The van der Waals surface area contributed by atoms with Gasteiger partial charge in [0.2, 0.25) is 5.91 Å². The number of likely N-dealkylation sites (N-methyl/N-ethyl adjacent to an activating group) is 1. The summed E-state index contributed by atoms with van der Waals surface area (Å²) in [5.74, 6) is -5.14. The second-order valence-corrected chi connectivity index (χ2v) is 11.3. The van der Waals surface area contributed by atoms with Gasteiger partial charge in [-0.15, -0.1) is 0 Å². The molecule has 2 aliphatic rings. The van der Waals surface area contributed by atoms with E-state index >= 15 is 4.39 Å². The van der Waals surface area contributed by atoms with Gasteiger partial charge in [0.05, 0.1) is 29.5 Å². The van der Waals surface area contributed by atoms with Crippen molar-refractivity contribution in [3.63, 3.8) is 0 Å². The van der Waals surface area contributed by atoms with Crippen molar-refractivity contribution in [3.8, 4) is 0 Å². The van der Waals surface area contributed by atoms with E-state index in [2.05, 4.69) is 15.3 Å². The standard InChI is InChI=1S/C29H31F4N5O2/c1-16(18-9-8-10-20(23(18)31)29(32,33)27(3,4)40)34-25-19-13-38(22-12-7-6-11-21(22)30)26(39)28(14-37(5)15-28)24(19)35-17(2)36-25/h6-12,16,40H,13-15H2,1-5H3,(H,34,35,36)/t16-/m1/s1. The Kier molecular flexibility index (Phi) is 6.66.